The minimum atomic E-state index is -0.758. The Morgan fingerprint density at radius 2 is 1.86 bits per heavy atom. The molecular weight excluding hydrogens is 494 g/mol. The summed E-state index contributed by atoms with van der Waals surface area (Å²) in [5.74, 6) is 0.256. The average Bonchev–Trinajstić information content (AvgIpc) is 2.82. The van der Waals surface area contributed by atoms with Gasteiger partial charge in [-0.15, -0.1) is 0 Å². The summed E-state index contributed by atoms with van der Waals surface area (Å²) in [5, 5.41) is 9.62. The number of allylic oxidation sites excluding steroid dienone is 1. The molecule has 9 nitrogen and oxygen atoms in total. The van der Waals surface area contributed by atoms with Crippen LogP contribution in [0.25, 0.3) is 0 Å². The molecule has 0 unspecified atom stereocenters. The maximum absolute atomic E-state index is 13.4. The molecule has 1 aliphatic heterocycles. The Hall–Kier alpha value is -3.50. The zero-order valence-electron chi connectivity index (χ0n) is 19.7. The van der Waals surface area contributed by atoms with Crippen molar-refractivity contribution < 1.29 is 28.5 Å². The molecule has 0 radical (unpaired) electrons. The van der Waals surface area contributed by atoms with Crippen LogP contribution in [0.4, 0.5) is 5.69 Å². The van der Waals surface area contributed by atoms with E-state index in [0.717, 1.165) is 0 Å². The van der Waals surface area contributed by atoms with Gasteiger partial charge in [-0.05, 0) is 56.4 Å². The van der Waals surface area contributed by atoms with Crippen molar-refractivity contribution in [1.29, 1.82) is 0 Å². The lowest BCUT2D eigenvalue weighted by atomic mass is 9.93. The van der Waals surface area contributed by atoms with Crippen LogP contribution in [0.2, 0.25) is 5.02 Å². The van der Waals surface area contributed by atoms with Crippen LogP contribution in [0.15, 0.2) is 47.7 Å². The quantitative estimate of drug-likeness (QED) is 0.337. The first-order chi connectivity index (χ1) is 16.8. The molecule has 1 heterocycles. The van der Waals surface area contributed by atoms with Crippen LogP contribution in [0.3, 0.4) is 0 Å². The zero-order valence-corrected chi connectivity index (χ0v) is 21.3. The number of amides is 1. The van der Waals surface area contributed by atoms with E-state index < -0.39 is 12.0 Å². The smallest absolute Gasteiger partial charge is 0.344 e. The van der Waals surface area contributed by atoms with Crippen LogP contribution >= 0.6 is 23.8 Å². The summed E-state index contributed by atoms with van der Waals surface area (Å²) >= 11 is 11.7. The van der Waals surface area contributed by atoms with Gasteiger partial charge in [0, 0.05) is 28.0 Å². The van der Waals surface area contributed by atoms with Gasteiger partial charge in [0.1, 0.15) is 5.75 Å². The molecule has 0 saturated heterocycles. The van der Waals surface area contributed by atoms with E-state index in [2.05, 4.69) is 16.0 Å². The number of benzene rings is 2. The van der Waals surface area contributed by atoms with Crippen LogP contribution in [0.5, 0.6) is 17.2 Å². The molecule has 11 heteroatoms. The van der Waals surface area contributed by atoms with Gasteiger partial charge in [-0.2, -0.15) is 0 Å². The molecule has 0 bridgehead atoms. The molecule has 2 aromatic rings. The van der Waals surface area contributed by atoms with Crippen molar-refractivity contribution in [2.24, 2.45) is 0 Å². The highest BCUT2D eigenvalue weighted by Crippen LogP contribution is 2.41. The number of thiocarbonyl (C=S) groups is 1. The normalized spacial score (nSPS) is 15.0. The molecule has 35 heavy (non-hydrogen) atoms. The molecule has 0 aromatic heterocycles. The summed E-state index contributed by atoms with van der Waals surface area (Å²) in [7, 11) is 3.01. The van der Waals surface area contributed by atoms with Gasteiger partial charge in [0.25, 0.3) is 5.91 Å². The van der Waals surface area contributed by atoms with Gasteiger partial charge in [-0.25, -0.2) is 4.79 Å². The molecule has 0 fully saturated rings. The maximum atomic E-state index is 13.4. The van der Waals surface area contributed by atoms with Crippen molar-refractivity contribution >= 4 is 46.5 Å². The number of carbonyl (C=O) groups is 2. The number of nitrogens with one attached hydrogen (secondary N) is 3. The number of esters is 1. The number of methoxy groups -OCH3 is 2. The summed E-state index contributed by atoms with van der Waals surface area (Å²) in [6, 6.07) is 9.36. The van der Waals surface area contributed by atoms with E-state index in [0.29, 0.717) is 38.4 Å². The van der Waals surface area contributed by atoms with E-state index in [4.69, 9.17) is 42.8 Å². The van der Waals surface area contributed by atoms with Crippen LogP contribution in [-0.4, -0.2) is 44.4 Å². The summed E-state index contributed by atoms with van der Waals surface area (Å²) in [5.41, 5.74) is 1.92. The Kier molecular flexibility index (Phi) is 8.78. The van der Waals surface area contributed by atoms with Crippen LogP contribution in [-0.2, 0) is 14.3 Å². The predicted molar refractivity (Wildman–Crippen MR) is 136 cm³/mol. The van der Waals surface area contributed by atoms with Gasteiger partial charge in [-0.3, -0.25) is 4.79 Å². The van der Waals surface area contributed by atoms with E-state index in [-0.39, 0.29) is 30.6 Å². The topological polar surface area (TPSA) is 107 Å². The predicted octanol–water partition coefficient (Wildman–Crippen LogP) is 3.73. The number of hydrogen-bond acceptors (Lipinski definition) is 7. The second-order valence-corrected chi connectivity index (χ2v) is 8.22. The van der Waals surface area contributed by atoms with Crippen LogP contribution < -0.4 is 30.2 Å². The van der Waals surface area contributed by atoms with Gasteiger partial charge in [0.05, 0.1) is 32.4 Å². The number of hydrogen-bond donors (Lipinski definition) is 3. The number of carbonyl (C=O) groups excluding carboxylic acids is 2. The standard InChI is InChI=1S/C24H26ClN3O6S/c1-5-33-19(29)12-34-22-17(10-14(25)11-18(22)32-4)21-20(13(2)26-24(35)28-21)23(30)27-15-6-8-16(31-3)9-7-15/h6-11,21H,5,12H2,1-4H3,(H,27,30)(H2,26,28,35)/t21-/m1/s1. The number of anilines is 1. The number of halogens is 1. The molecule has 0 aliphatic carbocycles. The van der Waals surface area contributed by atoms with Gasteiger partial charge >= 0.3 is 5.97 Å². The summed E-state index contributed by atoms with van der Waals surface area (Å²) in [4.78, 5) is 25.4. The van der Waals surface area contributed by atoms with Crippen molar-refractivity contribution in [3.63, 3.8) is 0 Å². The van der Waals surface area contributed by atoms with Crippen LogP contribution in [0.1, 0.15) is 25.5 Å². The van der Waals surface area contributed by atoms with E-state index in [1.165, 1.54) is 7.11 Å². The third kappa shape index (κ3) is 6.34. The molecule has 186 valence electrons. The lowest BCUT2D eigenvalue weighted by Gasteiger charge is -2.31. The molecule has 0 spiro atoms. The van der Waals surface area contributed by atoms with E-state index in [1.54, 1.807) is 57.4 Å². The second kappa shape index (κ2) is 11.8. The van der Waals surface area contributed by atoms with Gasteiger partial charge < -0.3 is 34.9 Å². The fourth-order valence-corrected chi connectivity index (χ4v) is 4.03. The molecular formula is C24H26ClN3O6S. The minimum Gasteiger partial charge on any atom is -0.497 e. The van der Waals surface area contributed by atoms with Crippen molar-refractivity contribution in [1.82, 2.24) is 10.6 Å². The molecule has 3 N–H and O–H groups in total. The summed E-state index contributed by atoms with van der Waals surface area (Å²) in [6.07, 6.45) is 0. The highest BCUT2D eigenvalue weighted by Gasteiger charge is 2.33. The molecule has 1 atom stereocenters. The Balaban J connectivity index is 2.02. The highest BCUT2D eigenvalue weighted by atomic mass is 35.5. The minimum absolute atomic E-state index is 0.217. The van der Waals surface area contributed by atoms with Crippen LogP contribution in [0, 0.1) is 0 Å². The summed E-state index contributed by atoms with van der Waals surface area (Å²) < 4.78 is 21.4. The number of rotatable bonds is 9. The Morgan fingerprint density at radius 1 is 1.14 bits per heavy atom. The van der Waals surface area contributed by atoms with Crippen molar-refractivity contribution in [2.75, 3.05) is 32.8 Å². The highest BCUT2D eigenvalue weighted by molar-refractivity contribution is 7.80. The third-order valence-electron chi connectivity index (χ3n) is 5.08. The van der Waals surface area contributed by atoms with Gasteiger partial charge in [0.15, 0.2) is 23.2 Å². The van der Waals surface area contributed by atoms with Crippen molar-refractivity contribution in [3.05, 3.63) is 58.3 Å². The Labute approximate surface area is 213 Å². The second-order valence-electron chi connectivity index (χ2n) is 7.37. The van der Waals surface area contributed by atoms with E-state index >= 15 is 0 Å². The average molecular weight is 520 g/mol. The SMILES string of the molecule is CCOC(=O)COc1c(OC)cc(Cl)cc1[C@H]1NC(=S)NC(C)=C1C(=O)Nc1ccc(OC)cc1. The van der Waals surface area contributed by atoms with Gasteiger partial charge in [-0.1, -0.05) is 11.6 Å². The Morgan fingerprint density at radius 3 is 2.49 bits per heavy atom. The first-order valence-electron chi connectivity index (χ1n) is 10.7. The monoisotopic (exact) mass is 519 g/mol. The van der Waals surface area contributed by atoms with E-state index in [1.807, 2.05) is 0 Å². The summed E-state index contributed by atoms with van der Waals surface area (Å²) in [6.45, 7) is 3.30. The van der Waals surface area contributed by atoms with Crippen molar-refractivity contribution in [3.8, 4) is 17.2 Å². The maximum Gasteiger partial charge on any atom is 0.344 e. The fraction of sp³-hybridized carbons (Fsp3) is 0.292. The third-order valence-corrected chi connectivity index (χ3v) is 5.52. The van der Waals surface area contributed by atoms with E-state index in [9.17, 15) is 9.59 Å². The zero-order chi connectivity index (χ0) is 25.5. The molecule has 1 amide bonds. The lowest BCUT2D eigenvalue weighted by Crippen LogP contribution is -2.46. The molecule has 2 aromatic carbocycles. The first-order valence-corrected chi connectivity index (χ1v) is 11.5. The molecule has 0 saturated carbocycles. The Bertz CT molecular complexity index is 1150. The molecule has 3 rings (SSSR count). The van der Waals surface area contributed by atoms with Gasteiger partial charge in [0.2, 0.25) is 0 Å². The largest absolute Gasteiger partial charge is 0.497 e. The fourth-order valence-electron chi connectivity index (χ4n) is 3.54. The molecule has 1 aliphatic rings. The van der Waals surface area contributed by atoms with Crippen molar-refractivity contribution in [2.45, 2.75) is 19.9 Å². The number of ether oxygens (including phenoxy) is 4. The lowest BCUT2D eigenvalue weighted by molar-refractivity contribution is -0.145. The first kappa shape index (κ1) is 26.1.